The molecule has 1 fully saturated rings. The zero-order valence-corrected chi connectivity index (χ0v) is 11.6. The van der Waals surface area contributed by atoms with E-state index in [1.807, 2.05) is 0 Å². The van der Waals surface area contributed by atoms with Gasteiger partial charge in [0.05, 0.1) is 16.5 Å². The molecule has 2 aromatic rings. The summed E-state index contributed by atoms with van der Waals surface area (Å²) < 4.78 is 0. The van der Waals surface area contributed by atoms with Crippen LogP contribution in [0.2, 0.25) is 0 Å². The molecule has 1 aromatic heterocycles. The van der Waals surface area contributed by atoms with Crippen molar-refractivity contribution in [2.75, 3.05) is 0 Å². The highest BCUT2D eigenvalue weighted by Crippen LogP contribution is 2.30. The molecule has 112 valence electrons. The molecule has 1 heterocycles. The number of carbonyl (C=O) groups excluding carboxylic acids is 1. The topological polar surface area (TPSA) is 125 Å². The van der Waals surface area contributed by atoms with Gasteiger partial charge in [0.25, 0.3) is 11.6 Å². The molecular weight excluding hydrogens is 286 g/mol. The number of nitro benzene ring substituents is 1. The van der Waals surface area contributed by atoms with E-state index in [0.29, 0.717) is 23.7 Å². The number of nitrogens with zero attached hydrogens (tertiary/aromatic N) is 3. The second-order valence-electron chi connectivity index (χ2n) is 5.41. The van der Waals surface area contributed by atoms with E-state index < -0.39 is 16.4 Å². The van der Waals surface area contributed by atoms with E-state index in [1.165, 1.54) is 18.2 Å². The summed E-state index contributed by atoms with van der Waals surface area (Å²) in [6.07, 6.45) is 3.00. The minimum absolute atomic E-state index is 0.0697. The van der Waals surface area contributed by atoms with Gasteiger partial charge in [-0.3, -0.25) is 20.0 Å². The number of rotatable bonds is 3. The second kappa shape index (κ2) is 5.11. The Hall–Kier alpha value is -2.95. The summed E-state index contributed by atoms with van der Waals surface area (Å²) >= 11 is 0. The molecule has 0 bridgehead atoms. The number of nitro groups is 1. The van der Waals surface area contributed by atoms with Crippen LogP contribution in [0.4, 0.5) is 5.69 Å². The minimum Gasteiger partial charge on any atom is -0.332 e. The average molecular weight is 299 g/mol. The zero-order valence-electron chi connectivity index (χ0n) is 11.6. The number of amides is 1. The Bertz CT molecular complexity index is 798. The van der Waals surface area contributed by atoms with Gasteiger partial charge in [-0.05, 0) is 31.7 Å². The molecule has 0 unspecified atom stereocenters. The molecule has 3 rings (SSSR count). The molecule has 0 atom stereocenters. The van der Waals surface area contributed by atoms with E-state index in [9.17, 15) is 20.2 Å². The van der Waals surface area contributed by atoms with Gasteiger partial charge in [0.2, 0.25) is 0 Å². The highest BCUT2D eigenvalue weighted by atomic mass is 16.6. The number of aromatic amines is 1. The van der Waals surface area contributed by atoms with Crippen LogP contribution in [-0.2, 0) is 0 Å². The maximum Gasteiger partial charge on any atom is 0.273 e. The standard InChI is InChI=1S/C14H13N5O3/c15-8-14(5-1-2-6-14)16-13(20)12-10-7-9(19(21)22)3-4-11(10)17-18-12/h3-4,7H,1-2,5-6H2,(H,16,20)(H,17,18). The van der Waals surface area contributed by atoms with Gasteiger partial charge in [0, 0.05) is 17.5 Å². The number of non-ortho nitro benzene ring substituents is 1. The van der Waals surface area contributed by atoms with Crippen LogP contribution in [-0.4, -0.2) is 26.6 Å². The van der Waals surface area contributed by atoms with Gasteiger partial charge < -0.3 is 5.32 Å². The molecule has 8 nitrogen and oxygen atoms in total. The van der Waals surface area contributed by atoms with Gasteiger partial charge >= 0.3 is 0 Å². The lowest BCUT2D eigenvalue weighted by atomic mass is 9.99. The first-order chi connectivity index (χ1) is 10.5. The van der Waals surface area contributed by atoms with Gasteiger partial charge in [-0.1, -0.05) is 0 Å². The number of fused-ring (bicyclic) bond motifs is 1. The van der Waals surface area contributed by atoms with E-state index in [1.54, 1.807) is 0 Å². The molecule has 0 aliphatic heterocycles. The normalized spacial score (nSPS) is 16.3. The van der Waals surface area contributed by atoms with Crippen molar-refractivity contribution in [3.05, 3.63) is 34.0 Å². The number of nitriles is 1. The van der Waals surface area contributed by atoms with Crippen molar-refractivity contribution in [1.82, 2.24) is 15.5 Å². The third-order valence-corrected chi connectivity index (χ3v) is 4.00. The van der Waals surface area contributed by atoms with Crippen molar-refractivity contribution >= 4 is 22.5 Å². The summed E-state index contributed by atoms with van der Waals surface area (Å²) in [4.78, 5) is 22.7. The van der Waals surface area contributed by atoms with Crippen molar-refractivity contribution in [2.45, 2.75) is 31.2 Å². The molecule has 0 saturated heterocycles. The Morgan fingerprint density at radius 2 is 2.18 bits per heavy atom. The van der Waals surface area contributed by atoms with Crippen LogP contribution >= 0.6 is 0 Å². The summed E-state index contributed by atoms with van der Waals surface area (Å²) in [5.41, 5.74) is -0.365. The van der Waals surface area contributed by atoms with Crippen LogP contribution in [0.25, 0.3) is 10.9 Å². The number of benzene rings is 1. The summed E-state index contributed by atoms with van der Waals surface area (Å²) in [5, 5.41) is 29.9. The average Bonchev–Trinajstić information content (AvgIpc) is 3.13. The van der Waals surface area contributed by atoms with Gasteiger partial charge in [0.15, 0.2) is 5.69 Å². The monoisotopic (exact) mass is 299 g/mol. The first kappa shape index (κ1) is 14.0. The number of hydrogen-bond donors (Lipinski definition) is 2. The van der Waals surface area contributed by atoms with Crippen LogP contribution in [0.15, 0.2) is 18.2 Å². The molecule has 22 heavy (non-hydrogen) atoms. The van der Waals surface area contributed by atoms with Crippen molar-refractivity contribution < 1.29 is 9.72 Å². The Morgan fingerprint density at radius 1 is 1.45 bits per heavy atom. The fourth-order valence-electron chi connectivity index (χ4n) is 2.81. The van der Waals surface area contributed by atoms with Crippen LogP contribution in [0, 0.1) is 21.4 Å². The van der Waals surface area contributed by atoms with Gasteiger partial charge in [0.1, 0.15) is 5.54 Å². The van der Waals surface area contributed by atoms with E-state index in [0.717, 1.165) is 12.8 Å². The van der Waals surface area contributed by atoms with Gasteiger partial charge in [-0.2, -0.15) is 10.4 Å². The maximum atomic E-state index is 12.4. The summed E-state index contributed by atoms with van der Waals surface area (Å²) in [6, 6.07) is 6.33. The van der Waals surface area contributed by atoms with E-state index in [-0.39, 0.29) is 11.4 Å². The number of aromatic nitrogens is 2. The lowest BCUT2D eigenvalue weighted by Crippen LogP contribution is -2.45. The van der Waals surface area contributed by atoms with Crippen LogP contribution in [0.3, 0.4) is 0 Å². The van der Waals surface area contributed by atoms with E-state index in [2.05, 4.69) is 21.6 Å². The number of nitrogens with one attached hydrogen (secondary N) is 2. The summed E-state index contributed by atoms with van der Waals surface area (Å²) in [5.74, 6) is -0.491. The third-order valence-electron chi connectivity index (χ3n) is 4.00. The lowest BCUT2D eigenvalue weighted by Gasteiger charge is -2.21. The molecule has 1 amide bonds. The Balaban J connectivity index is 1.96. The molecular formula is C14H13N5O3. The Kier molecular flexibility index (Phi) is 3.25. The van der Waals surface area contributed by atoms with Gasteiger partial charge in [-0.15, -0.1) is 0 Å². The third kappa shape index (κ3) is 2.26. The highest BCUT2D eigenvalue weighted by molar-refractivity contribution is 6.05. The Labute approximate surface area is 125 Å². The summed E-state index contributed by atoms with van der Waals surface area (Å²) in [6.45, 7) is 0. The molecule has 1 aromatic carbocycles. The first-order valence-corrected chi connectivity index (χ1v) is 6.91. The number of hydrogen-bond acceptors (Lipinski definition) is 5. The molecule has 0 radical (unpaired) electrons. The predicted octanol–water partition coefficient (Wildman–Crippen LogP) is 2.04. The lowest BCUT2D eigenvalue weighted by molar-refractivity contribution is -0.384. The first-order valence-electron chi connectivity index (χ1n) is 6.91. The zero-order chi connectivity index (χ0) is 15.7. The van der Waals surface area contributed by atoms with Crippen molar-refractivity contribution in [2.24, 2.45) is 0 Å². The highest BCUT2D eigenvalue weighted by Gasteiger charge is 2.36. The maximum absolute atomic E-state index is 12.4. The molecule has 2 N–H and O–H groups in total. The minimum atomic E-state index is -0.858. The molecule has 1 aliphatic rings. The van der Waals surface area contributed by atoms with E-state index >= 15 is 0 Å². The smallest absolute Gasteiger partial charge is 0.273 e. The fourth-order valence-corrected chi connectivity index (χ4v) is 2.81. The van der Waals surface area contributed by atoms with Crippen LogP contribution < -0.4 is 5.32 Å². The Morgan fingerprint density at radius 3 is 2.82 bits per heavy atom. The van der Waals surface area contributed by atoms with Gasteiger partial charge in [-0.25, -0.2) is 0 Å². The van der Waals surface area contributed by atoms with Crippen molar-refractivity contribution in [3.63, 3.8) is 0 Å². The van der Waals surface area contributed by atoms with Crippen molar-refractivity contribution in [3.8, 4) is 6.07 Å². The van der Waals surface area contributed by atoms with Crippen LogP contribution in [0.5, 0.6) is 0 Å². The van der Waals surface area contributed by atoms with Crippen LogP contribution in [0.1, 0.15) is 36.2 Å². The number of carbonyl (C=O) groups is 1. The molecule has 8 heteroatoms. The molecule has 1 aliphatic carbocycles. The SMILES string of the molecule is N#CC1(NC(=O)c2n[nH]c3ccc([N+](=O)[O-])cc23)CCCC1. The quantitative estimate of drug-likeness (QED) is 0.662. The molecule has 1 saturated carbocycles. The number of H-pyrrole nitrogens is 1. The predicted molar refractivity (Wildman–Crippen MR) is 77.0 cm³/mol. The second-order valence-corrected chi connectivity index (χ2v) is 5.41. The summed E-state index contributed by atoms with van der Waals surface area (Å²) in [7, 11) is 0. The van der Waals surface area contributed by atoms with Crippen molar-refractivity contribution in [1.29, 1.82) is 5.26 Å². The fraction of sp³-hybridized carbons (Fsp3) is 0.357. The molecule has 0 spiro atoms. The largest absolute Gasteiger partial charge is 0.332 e. The van der Waals surface area contributed by atoms with E-state index in [4.69, 9.17) is 0 Å².